The van der Waals surface area contributed by atoms with Gasteiger partial charge in [0.1, 0.15) is 11.8 Å². The van der Waals surface area contributed by atoms with Gasteiger partial charge in [0.15, 0.2) is 5.76 Å². The van der Waals surface area contributed by atoms with Crippen LogP contribution in [-0.4, -0.2) is 35.2 Å². The minimum atomic E-state index is -0.934. The summed E-state index contributed by atoms with van der Waals surface area (Å²) in [5, 5.41) is 6.18. The van der Waals surface area contributed by atoms with Crippen molar-refractivity contribution in [2.45, 2.75) is 44.3 Å². The van der Waals surface area contributed by atoms with Gasteiger partial charge >= 0.3 is 0 Å². The molecular formula is C25H26ClN3O5. The van der Waals surface area contributed by atoms with Crippen molar-refractivity contribution >= 4 is 29.3 Å². The highest BCUT2D eigenvalue weighted by atomic mass is 35.5. The molecule has 2 N–H and O–H groups in total. The molecule has 0 saturated heterocycles. The van der Waals surface area contributed by atoms with E-state index in [-0.39, 0.29) is 30.8 Å². The standard InChI is InChI=1S/C25H26ClN3O5/c26-18-11-9-17(10-12-18)23(25(32)28-19-5-1-2-6-19)29(16-20-7-3-13-33-20)22(30)15-27-24(31)21-8-4-14-34-21/h3-4,7-14,19,23H,1-2,5-6,15-16H2,(H,27,31)(H,28,32). The molecule has 1 fully saturated rings. The van der Waals surface area contributed by atoms with Crippen molar-refractivity contribution in [3.05, 3.63) is 83.2 Å². The summed E-state index contributed by atoms with van der Waals surface area (Å²) in [5.74, 6) is -0.643. The maximum absolute atomic E-state index is 13.5. The molecule has 1 atom stereocenters. The zero-order valence-corrected chi connectivity index (χ0v) is 19.3. The van der Waals surface area contributed by atoms with E-state index in [2.05, 4.69) is 10.6 Å². The quantitative estimate of drug-likeness (QED) is 0.477. The second-order valence-electron chi connectivity index (χ2n) is 8.21. The number of rotatable bonds is 9. The Bertz CT molecular complexity index is 1090. The molecule has 8 nitrogen and oxygen atoms in total. The first kappa shape index (κ1) is 23.6. The first-order valence-electron chi connectivity index (χ1n) is 11.2. The molecule has 1 aliphatic rings. The summed E-state index contributed by atoms with van der Waals surface area (Å²) >= 11 is 6.07. The zero-order valence-electron chi connectivity index (χ0n) is 18.5. The van der Waals surface area contributed by atoms with Crippen LogP contribution in [0.2, 0.25) is 5.02 Å². The number of hydrogen-bond acceptors (Lipinski definition) is 5. The van der Waals surface area contributed by atoms with Gasteiger partial charge < -0.3 is 24.4 Å². The van der Waals surface area contributed by atoms with Gasteiger partial charge in [0.05, 0.1) is 25.6 Å². The summed E-state index contributed by atoms with van der Waals surface area (Å²) < 4.78 is 10.6. The van der Waals surface area contributed by atoms with E-state index < -0.39 is 17.9 Å². The van der Waals surface area contributed by atoms with Gasteiger partial charge in [-0.2, -0.15) is 0 Å². The van der Waals surface area contributed by atoms with Gasteiger partial charge in [-0.15, -0.1) is 0 Å². The first-order valence-corrected chi connectivity index (χ1v) is 11.6. The number of nitrogens with zero attached hydrogens (tertiary/aromatic N) is 1. The Morgan fingerprint density at radius 2 is 1.71 bits per heavy atom. The van der Waals surface area contributed by atoms with Crippen molar-refractivity contribution in [1.29, 1.82) is 0 Å². The number of carbonyl (C=O) groups excluding carboxylic acids is 3. The van der Waals surface area contributed by atoms with Crippen LogP contribution in [0.15, 0.2) is 69.9 Å². The van der Waals surface area contributed by atoms with E-state index in [1.54, 1.807) is 42.5 Å². The Labute approximate surface area is 202 Å². The molecule has 0 spiro atoms. The Balaban J connectivity index is 1.60. The van der Waals surface area contributed by atoms with Crippen LogP contribution in [0.25, 0.3) is 0 Å². The molecule has 178 valence electrons. The minimum absolute atomic E-state index is 0.0494. The largest absolute Gasteiger partial charge is 0.467 e. The van der Waals surface area contributed by atoms with Crippen LogP contribution in [0, 0.1) is 0 Å². The smallest absolute Gasteiger partial charge is 0.287 e. The van der Waals surface area contributed by atoms with Crippen LogP contribution < -0.4 is 10.6 Å². The lowest BCUT2D eigenvalue weighted by Crippen LogP contribution is -2.48. The highest BCUT2D eigenvalue weighted by Crippen LogP contribution is 2.27. The maximum atomic E-state index is 13.5. The van der Waals surface area contributed by atoms with Crippen LogP contribution in [0.3, 0.4) is 0 Å². The molecule has 0 bridgehead atoms. The van der Waals surface area contributed by atoms with Crippen molar-refractivity contribution < 1.29 is 23.2 Å². The Kier molecular flexibility index (Phi) is 7.69. The number of hydrogen-bond donors (Lipinski definition) is 2. The van der Waals surface area contributed by atoms with Crippen LogP contribution in [0.4, 0.5) is 0 Å². The summed E-state index contributed by atoms with van der Waals surface area (Å²) in [6, 6.07) is 12.5. The molecule has 3 aromatic rings. The van der Waals surface area contributed by atoms with E-state index in [0.29, 0.717) is 16.3 Å². The first-order chi connectivity index (χ1) is 16.5. The number of amides is 3. The Morgan fingerprint density at radius 1 is 1.00 bits per heavy atom. The molecule has 4 rings (SSSR count). The van der Waals surface area contributed by atoms with E-state index >= 15 is 0 Å². The zero-order chi connectivity index (χ0) is 23.9. The molecule has 2 aromatic heterocycles. The highest BCUT2D eigenvalue weighted by Gasteiger charge is 2.34. The van der Waals surface area contributed by atoms with Crippen LogP contribution in [0.1, 0.15) is 53.6 Å². The SMILES string of the molecule is O=C(NCC(=O)N(Cc1ccco1)C(C(=O)NC1CCCC1)c1ccc(Cl)cc1)c1ccco1. The van der Waals surface area contributed by atoms with E-state index in [1.807, 2.05) is 0 Å². The number of halogens is 1. The third-order valence-electron chi connectivity index (χ3n) is 5.82. The van der Waals surface area contributed by atoms with Crippen molar-refractivity contribution in [2.75, 3.05) is 6.54 Å². The van der Waals surface area contributed by atoms with Crippen molar-refractivity contribution in [1.82, 2.24) is 15.5 Å². The summed E-state index contributed by atoms with van der Waals surface area (Å²) in [6.45, 7) is -0.269. The third kappa shape index (κ3) is 5.88. The monoisotopic (exact) mass is 483 g/mol. The second-order valence-corrected chi connectivity index (χ2v) is 8.64. The van der Waals surface area contributed by atoms with E-state index in [1.165, 1.54) is 23.5 Å². The van der Waals surface area contributed by atoms with Gasteiger partial charge in [-0.25, -0.2) is 0 Å². The van der Waals surface area contributed by atoms with Crippen molar-refractivity contribution in [3.63, 3.8) is 0 Å². The lowest BCUT2D eigenvalue weighted by molar-refractivity contribution is -0.141. The minimum Gasteiger partial charge on any atom is -0.467 e. The van der Waals surface area contributed by atoms with Gasteiger partial charge in [-0.1, -0.05) is 36.6 Å². The molecule has 3 amide bonds. The third-order valence-corrected chi connectivity index (χ3v) is 6.07. The van der Waals surface area contributed by atoms with Gasteiger partial charge in [-0.05, 0) is 54.8 Å². The molecule has 1 saturated carbocycles. The second kappa shape index (κ2) is 11.1. The van der Waals surface area contributed by atoms with Crippen LogP contribution >= 0.6 is 11.6 Å². The molecule has 0 aliphatic heterocycles. The molecule has 1 aromatic carbocycles. The van der Waals surface area contributed by atoms with Crippen molar-refractivity contribution in [3.8, 4) is 0 Å². The fourth-order valence-corrected chi connectivity index (χ4v) is 4.24. The van der Waals surface area contributed by atoms with Gasteiger partial charge in [0.2, 0.25) is 11.8 Å². The Morgan fingerprint density at radius 3 is 2.35 bits per heavy atom. The lowest BCUT2D eigenvalue weighted by atomic mass is 10.0. The lowest BCUT2D eigenvalue weighted by Gasteiger charge is -2.32. The molecule has 34 heavy (non-hydrogen) atoms. The molecule has 2 heterocycles. The molecule has 1 unspecified atom stereocenters. The van der Waals surface area contributed by atoms with Crippen molar-refractivity contribution in [2.24, 2.45) is 0 Å². The van der Waals surface area contributed by atoms with Crippen LogP contribution in [0.5, 0.6) is 0 Å². The van der Waals surface area contributed by atoms with E-state index in [4.69, 9.17) is 20.4 Å². The number of carbonyl (C=O) groups is 3. The average molecular weight is 484 g/mol. The van der Waals surface area contributed by atoms with E-state index in [0.717, 1.165) is 25.7 Å². The average Bonchev–Trinajstić information content (AvgIpc) is 3.62. The molecule has 0 radical (unpaired) electrons. The van der Waals surface area contributed by atoms with Gasteiger partial charge in [-0.3, -0.25) is 14.4 Å². The number of furan rings is 2. The topological polar surface area (TPSA) is 105 Å². The number of benzene rings is 1. The van der Waals surface area contributed by atoms with Gasteiger partial charge in [0.25, 0.3) is 5.91 Å². The summed E-state index contributed by atoms with van der Waals surface area (Å²) in [5.41, 5.74) is 0.608. The summed E-state index contributed by atoms with van der Waals surface area (Å²) in [7, 11) is 0. The van der Waals surface area contributed by atoms with Gasteiger partial charge in [0, 0.05) is 11.1 Å². The normalized spacial score (nSPS) is 14.5. The predicted octanol–water partition coefficient (Wildman–Crippen LogP) is 4.08. The summed E-state index contributed by atoms with van der Waals surface area (Å²) in [4.78, 5) is 40.6. The fourth-order valence-electron chi connectivity index (χ4n) is 4.11. The van der Waals surface area contributed by atoms with E-state index in [9.17, 15) is 14.4 Å². The summed E-state index contributed by atoms with van der Waals surface area (Å²) in [6.07, 6.45) is 6.82. The molecule has 9 heteroatoms. The van der Waals surface area contributed by atoms with Crippen LogP contribution in [-0.2, 0) is 16.1 Å². The highest BCUT2D eigenvalue weighted by molar-refractivity contribution is 6.30. The molecule has 1 aliphatic carbocycles. The number of nitrogens with one attached hydrogen (secondary N) is 2. The predicted molar refractivity (Wildman–Crippen MR) is 125 cm³/mol. The fraction of sp³-hybridized carbons (Fsp3) is 0.320. The Hall–Kier alpha value is -3.52. The molecular weight excluding hydrogens is 458 g/mol. The maximum Gasteiger partial charge on any atom is 0.287 e.